The van der Waals surface area contributed by atoms with Gasteiger partial charge >= 0.3 is 0 Å². The summed E-state index contributed by atoms with van der Waals surface area (Å²) in [7, 11) is 0. The molecule has 92 valence electrons. The van der Waals surface area contributed by atoms with Gasteiger partial charge in [-0.3, -0.25) is 4.98 Å². The lowest BCUT2D eigenvalue weighted by molar-refractivity contribution is 0.0152. The smallest absolute Gasteiger partial charge is 0.0475 e. The van der Waals surface area contributed by atoms with Gasteiger partial charge < -0.3 is 0 Å². The molecule has 4 rings (SSSR count). The maximum atomic E-state index is 5.00. The highest BCUT2D eigenvalue weighted by Gasteiger charge is 2.53. The van der Waals surface area contributed by atoms with Gasteiger partial charge in [0.15, 0.2) is 0 Å². The van der Waals surface area contributed by atoms with Crippen LogP contribution >= 0.6 is 0 Å². The lowest BCUT2D eigenvalue weighted by Gasteiger charge is -2.56. The van der Waals surface area contributed by atoms with Gasteiger partial charge in [0.2, 0.25) is 0 Å². The summed E-state index contributed by atoms with van der Waals surface area (Å²) in [6.45, 7) is 11.6. The molecule has 3 aliphatic carbocycles. The standard InChI is InChI=1S/C16H23N/c1-15(2,3)13-7-6-10-8-11-9-12(14(10)17-13)16(11,4)5/h6-7,11-12H,8-9H2,1-5H3/t11-,12-/m1/s1. The molecule has 0 aliphatic heterocycles. The van der Waals surface area contributed by atoms with Crippen LogP contribution in [0.25, 0.3) is 0 Å². The highest BCUT2D eigenvalue weighted by Crippen LogP contribution is 2.61. The summed E-state index contributed by atoms with van der Waals surface area (Å²) in [5, 5.41) is 0. The molecule has 1 heterocycles. The fraction of sp³-hybridized carbons (Fsp3) is 0.688. The van der Waals surface area contributed by atoms with E-state index in [1.54, 1.807) is 0 Å². The highest BCUT2D eigenvalue weighted by atomic mass is 14.8. The van der Waals surface area contributed by atoms with E-state index in [-0.39, 0.29) is 5.41 Å². The Morgan fingerprint density at radius 3 is 2.53 bits per heavy atom. The van der Waals surface area contributed by atoms with E-state index in [0.29, 0.717) is 11.3 Å². The van der Waals surface area contributed by atoms with Crippen molar-refractivity contribution in [1.82, 2.24) is 4.98 Å². The molecule has 1 saturated carbocycles. The van der Waals surface area contributed by atoms with Crippen molar-refractivity contribution in [2.24, 2.45) is 11.3 Å². The van der Waals surface area contributed by atoms with Gasteiger partial charge in [-0.2, -0.15) is 0 Å². The van der Waals surface area contributed by atoms with Crippen LogP contribution in [0.4, 0.5) is 0 Å². The van der Waals surface area contributed by atoms with Crippen molar-refractivity contribution in [1.29, 1.82) is 0 Å². The lowest BCUT2D eigenvalue weighted by atomic mass is 9.48. The van der Waals surface area contributed by atoms with E-state index in [9.17, 15) is 0 Å². The van der Waals surface area contributed by atoms with Crippen molar-refractivity contribution in [3.63, 3.8) is 0 Å². The third-order valence-electron chi connectivity index (χ3n) is 5.05. The summed E-state index contributed by atoms with van der Waals surface area (Å²) in [5.41, 5.74) is 4.82. The molecule has 0 N–H and O–H groups in total. The molecule has 0 amide bonds. The molecule has 1 aromatic heterocycles. The van der Waals surface area contributed by atoms with Crippen molar-refractivity contribution >= 4 is 0 Å². The summed E-state index contributed by atoms with van der Waals surface area (Å²) in [6.07, 6.45) is 2.61. The Hall–Kier alpha value is -0.850. The average molecular weight is 229 g/mol. The second-order valence-corrected chi connectivity index (χ2v) is 7.50. The van der Waals surface area contributed by atoms with Crippen LogP contribution in [-0.4, -0.2) is 4.98 Å². The Kier molecular flexibility index (Phi) is 2.07. The molecule has 2 bridgehead atoms. The topological polar surface area (TPSA) is 12.9 Å². The van der Waals surface area contributed by atoms with E-state index in [1.807, 2.05) is 0 Å². The van der Waals surface area contributed by atoms with Gasteiger partial charge in [0.05, 0.1) is 0 Å². The van der Waals surface area contributed by atoms with Crippen molar-refractivity contribution in [3.05, 3.63) is 29.1 Å². The maximum Gasteiger partial charge on any atom is 0.0475 e. The van der Waals surface area contributed by atoms with E-state index in [1.165, 1.54) is 29.8 Å². The molecule has 3 aliphatic rings. The minimum Gasteiger partial charge on any atom is -0.257 e. The molecule has 0 saturated heterocycles. The van der Waals surface area contributed by atoms with E-state index in [2.05, 4.69) is 46.8 Å². The number of rotatable bonds is 0. The predicted molar refractivity (Wildman–Crippen MR) is 71.3 cm³/mol. The molecule has 0 aromatic carbocycles. The SMILES string of the molecule is CC(C)(C)c1ccc2c(n1)[C@H]1C[C@@H](C2)C1(C)C. The van der Waals surface area contributed by atoms with Crippen LogP contribution < -0.4 is 0 Å². The molecule has 17 heavy (non-hydrogen) atoms. The lowest BCUT2D eigenvalue weighted by Crippen LogP contribution is -2.48. The van der Waals surface area contributed by atoms with Crippen LogP contribution in [0.3, 0.4) is 0 Å². The van der Waals surface area contributed by atoms with E-state index < -0.39 is 0 Å². The molecule has 0 unspecified atom stereocenters. The monoisotopic (exact) mass is 229 g/mol. The molecule has 2 atom stereocenters. The number of hydrogen-bond acceptors (Lipinski definition) is 1. The number of nitrogens with zero attached hydrogens (tertiary/aromatic N) is 1. The quantitative estimate of drug-likeness (QED) is 0.653. The average Bonchev–Trinajstić information content (AvgIpc) is 2.26. The summed E-state index contributed by atoms with van der Waals surface area (Å²) in [4.78, 5) is 5.00. The van der Waals surface area contributed by atoms with Crippen LogP contribution in [0, 0.1) is 11.3 Å². The highest BCUT2D eigenvalue weighted by molar-refractivity contribution is 5.37. The fourth-order valence-electron chi connectivity index (χ4n) is 3.49. The minimum absolute atomic E-state index is 0.166. The first kappa shape index (κ1) is 11.3. The van der Waals surface area contributed by atoms with Crippen LogP contribution in [0.5, 0.6) is 0 Å². The van der Waals surface area contributed by atoms with Crippen LogP contribution in [0.1, 0.15) is 63.9 Å². The number of hydrogen-bond donors (Lipinski definition) is 0. The number of aromatic nitrogens is 1. The molecule has 1 fully saturated rings. The molecular formula is C16H23N. The Labute approximate surface area is 105 Å². The van der Waals surface area contributed by atoms with Crippen molar-refractivity contribution in [3.8, 4) is 0 Å². The van der Waals surface area contributed by atoms with Crippen molar-refractivity contribution in [2.45, 2.75) is 58.8 Å². The summed E-state index contributed by atoms with van der Waals surface area (Å²) in [6, 6.07) is 4.56. The Bertz CT molecular complexity index is 465. The zero-order valence-corrected chi connectivity index (χ0v) is 11.7. The zero-order chi connectivity index (χ0) is 12.4. The van der Waals surface area contributed by atoms with Gasteiger partial charge in [-0.1, -0.05) is 40.7 Å². The second-order valence-electron chi connectivity index (χ2n) is 7.50. The van der Waals surface area contributed by atoms with Crippen LogP contribution in [0.2, 0.25) is 0 Å². The molecule has 1 heteroatoms. The Morgan fingerprint density at radius 2 is 1.94 bits per heavy atom. The van der Waals surface area contributed by atoms with Gasteiger partial charge in [0.1, 0.15) is 0 Å². The van der Waals surface area contributed by atoms with Crippen molar-refractivity contribution in [2.75, 3.05) is 0 Å². The largest absolute Gasteiger partial charge is 0.257 e. The molecule has 1 aromatic rings. The van der Waals surface area contributed by atoms with Gasteiger partial charge in [0.25, 0.3) is 0 Å². The first-order valence-electron chi connectivity index (χ1n) is 6.80. The zero-order valence-electron chi connectivity index (χ0n) is 11.7. The van der Waals surface area contributed by atoms with E-state index >= 15 is 0 Å². The molecule has 0 spiro atoms. The van der Waals surface area contributed by atoms with Crippen LogP contribution in [0.15, 0.2) is 12.1 Å². The normalized spacial score (nSPS) is 29.5. The first-order chi connectivity index (χ1) is 7.80. The van der Waals surface area contributed by atoms with Gasteiger partial charge in [0, 0.05) is 22.7 Å². The number of pyridine rings is 1. The first-order valence-corrected chi connectivity index (χ1v) is 6.80. The molecule has 0 radical (unpaired) electrons. The van der Waals surface area contributed by atoms with Gasteiger partial charge in [-0.25, -0.2) is 0 Å². The summed E-state index contributed by atoms with van der Waals surface area (Å²) < 4.78 is 0. The van der Waals surface area contributed by atoms with E-state index in [0.717, 1.165) is 5.92 Å². The predicted octanol–water partition coefficient (Wildman–Crippen LogP) is 4.06. The van der Waals surface area contributed by atoms with E-state index in [4.69, 9.17) is 4.98 Å². The molecule has 1 nitrogen and oxygen atoms in total. The Morgan fingerprint density at radius 1 is 1.24 bits per heavy atom. The maximum absolute atomic E-state index is 5.00. The second kappa shape index (κ2) is 3.13. The third-order valence-corrected chi connectivity index (χ3v) is 5.05. The molecular weight excluding hydrogens is 206 g/mol. The Balaban J connectivity index is 2.07. The summed E-state index contributed by atoms with van der Waals surface area (Å²) in [5.74, 6) is 1.60. The fourth-order valence-corrected chi connectivity index (χ4v) is 3.49. The minimum atomic E-state index is 0.166. The third kappa shape index (κ3) is 1.47. The van der Waals surface area contributed by atoms with Crippen molar-refractivity contribution < 1.29 is 0 Å². The summed E-state index contributed by atoms with van der Waals surface area (Å²) >= 11 is 0. The van der Waals surface area contributed by atoms with Crippen LogP contribution in [-0.2, 0) is 11.8 Å². The van der Waals surface area contributed by atoms with Gasteiger partial charge in [-0.15, -0.1) is 0 Å². The van der Waals surface area contributed by atoms with Gasteiger partial charge in [-0.05, 0) is 35.8 Å².